The molecule has 2 heterocycles. The van der Waals surface area contributed by atoms with Crippen LogP contribution in [0.1, 0.15) is 80.4 Å². The highest BCUT2D eigenvalue weighted by atomic mass is 15.4. The van der Waals surface area contributed by atoms with E-state index < -0.39 is 0 Å². The normalized spacial score (nSPS) is 21.0. The minimum atomic E-state index is 0.136. The van der Waals surface area contributed by atoms with E-state index in [0.29, 0.717) is 11.8 Å². The van der Waals surface area contributed by atoms with Crippen LogP contribution in [0, 0.1) is 11.8 Å². The Hall–Kier alpha value is -2.62. The Morgan fingerprint density at radius 1 is 0.583 bits per heavy atom. The van der Waals surface area contributed by atoms with Crippen molar-refractivity contribution in [1.82, 2.24) is 0 Å². The van der Waals surface area contributed by atoms with Gasteiger partial charge in [0.1, 0.15) is 0 Å². The molecule has 2 aliphatic rings. The third kappa shape index (κ3) is 5.38. The Morgan fingerprint density at radius 2 is 0.889 bits per heavy atom. The monoisotopic (exact) mass is 486 g/mol. The number of aliphatic imine (C=N–C) groups is 2. The first-order chi connectivity index (χ1) is 16.8. The first-order valence-corrected chi connectivity index (χ1v) is 13.7. The molecular formula is C32H46N4. The highest BCUT2D eigenvalue weighted by molar-refractivity contribution is 6.50. The van der Waals surface area contributed by atoms with E-state index in [-0.39, 0.29) is 22.9 Å². The molecule has 2 aromatic rings. The van der Waals surface area contributed by atoms with Crippen molar-refractivity contribution in [2.24, 2.45) is 21.8 Å². The number of anilines is 2. The molecular weight excluding hydrogens is 440 g/mol. The predicted octanol–water partition coefficient (Wildman–Crippen LogP) is 7.47. The largest absolute Gasteiger partial charge is 0.321 e. The van der Waals surface area contributed by atoms with E-state index in [4.69, 9.17) is 9.98 Å². The first kappa shape index (κ1) is 26.4. The van der Waals surface area contributed by atoms with Crippen LogP contribution in [0.5, 0.6) is 0 Å². The smallest absolute Gasteiger partial charge is 0.172 e. The Morgan fingerprint density at radius 3 is 1.14 bits per heavy atom. The Balaban J connectivity index is 1.74. The molecule has 2 aromatic carbocycles. The molecule has 2 aliphatic heterocycles. The van der Waals surface area contributed by atoms with Gasteiger partial charge in [-0.25, -0.2) is 0 Å². The second-order valence-corrected chi connectivity index (χ2v) is 13.3. The van der Waals surface area contributed by atoms with Gasteiger partial charge in [0, 0.05) is 24.5 Å². The molecule has 194 valence electrons. The fourth-order valence-corrected chi connectivity index (χ4v) is 4.90. The van der Waals surface area contributed by atoms with Gasteiger partial charge in [-0.1, -0.05) is 93.5 Å². The van der Waals surface area contributed by atoms with Crippen molar-refractivity contribution in [2.45, 2.75) is 92.2 Å². The van der Waals surface area contributed by atoms with Crippen molar-refractivity contribution in [3.8, 4) is 0 Å². The zero-order valence-electron chi connectivity index (χ0n) is 24.1. The molecule has 0 fully saturated rings. The fourth-order valence-electron chi connectivity index (χ4n) is 4.90. The minimum absolute atomic E-state index is 0.136. The van der Waals surface area contributed by atoms with Crippen LogP contribution in [0.4, 0.5) is 11.4 Å². The second kappa shape index (κ2) is 9.68. The third-order valence-corrected chi connectivity index (χ3v) is 7.66. The maximum atomic E-state index is 5.30. The summed E-state index contributed by atoms with van der Waals surface area (Å²) < 4.78 is 0. The molecule has 2 atom stereocenters. The van der Waals surface area contributed by atoms with Crippen molar-refractivity contribution in [2.75, 3.05) is 22.9 Å². The molecule has 0 saturated heterocycles. The van der Waals surface area contributed by atoms with Gasteiger partial charge in [0.25, 0.3) is 0 Å². The summed E-state index contributed by atoms with van der Waals surface area (Å²) in [6.45, 7) is 24.5. The van der Waals surface area contributed by atoms with Gasteiger partial charge in [0.05, 0.1) is 12.1 Å². The highest BCUT2D eigenvalue weighted by Gasteiger charge is 2.38. The van der Waals surface area contributed by atoms with E-state index in [1.807, 2.05) is 0 Å². The van der Waals surface area contributed by atoms with E-state index in [9.17, 15) is 0 Å². The third-order valence-electron chi connectivity index (χ3n) is 7.66. The van der Waals surface area contributed by atoms with Gasteiger partial charge in [0.2, 0.25) is 0 Å². The average molecular weight is 487 g/mol. The molecule has 4 rings (SSSR count). The summed E-state index contributed by atoms with van der Waals surface area (Å²) in [6.07, 6.45) is 0. The topological polar surface area (TPSA) is 31.2 Å². The molecule has 0 bridgehead atoms. The van der Waals surface area contributed by atoms with E-state index in [2.05, 4.69) is 128 Å². The van der Waals surface area contributed by atoms with Gasteiger partial charge in [-0.05, 0) is 58.1 Å². The quantitative estimate of drug-likeness (QED) is 0.439. The Kier molecular flexibility index (Phi) is 7.11. The lowest BCUT2D eigenvalue weighted by atomic mass is 9.87. The number of benzene rings is 2. The Bertz CT molecular complexity index is 1020. The summed E-state index contributed by atoms with van der Waals surface area (Å²) in [5, 5.41) is 0. The van der Waals surface area contributed by atoms with Crippen molar-refractivity contribution < 1.29 is 0 Å². The molecule has 0 spiro atoms. The standard InChI is InChI=1S/C32H46N4/c1-21(2)27-19-35(25-15-11-23(12-16-25)31(5,6)7)29(33-27)30-34-28(22(3)4)20-36(30)26-17-13-24(14-18-26)32(8,9)10/h11-18,21-22,27-28H,19-20H2,1-10H3. The fraction of sp³-hybridized carbons (Fsp3) is 0.562. The lowest BCUT2D eigenvalue weighted by Gasteiger charge is -2.28. The summed E-state index contributed by atoms with van der Waals surface area (Å²) in [5.41, 5.74) is 5.37. The van der Waals surface area contributed by atoms with Gasteiger partial charge in [0.15, 0.2) is 11.7 Å². The van der Waals surface area contributed by atoms with E-state index in [0.717, 1.165) is 24.8 Å². The number of rotatable bonds is 5. The van der Waals surface area contributed by atoms with Gasteiger partial charge < -0.3 is 9.80 Å². The van der Waals surface area contributed by atoms with Crippen LogP contribution in [0.15, 0.2) is 58.5 Å². The maximum absolute atomic E-state index is 5.30. The van der Waals surface area contributed by atoms with Crippen LogP contribution < -0.4 is 9.80 Å². The molecule has 0 aromatic heterocycles. The van der Waals surface area contributed by atoms with Crippen molar-refractivity contribution >= 4 is 23.0 Å². The van der Waals surface area contributed by atoms with E-state index in [1.54, 1.807) is 0 Å². The van der Waals surface area contributed by atoms with Crippen LogP contribution in [-0.2, 0) is 10.8 Å². The van der Waals surface area contributed by atoms with Crippen LogP contribution in [0.25, 0.3) is 0 Å². The maximum Gasteiger partial charge on any atom is 0.172 e. The molecule has 0 aliphatic carbocycles. The lowest BCUT2D eigenvalue weighted by molar-refractivity contribution is 0.521. The predicted molar refractivity (Wildman–Crippen MR) is 157 cm³/mol. The number of hydrogen-bond acceptors (Lipinski definition) is 4. The summed E-state index contributed by atoms with van der Waals surface area (Å²) in [6, 6.07) is 18.6. The number of amidine groups is 2. The van der Waals surface area contributed by atoms with Gasteiger partial charge in [-0.2, -0.15) is 0 Å². The number of nitrogens with zero attached hydrogens (tertiary/aromatic N) is 4. The summed E-state index contributed by atoms with van der Waals surface area (Å²) in [5.74, 6) is 2.98. The molecule has 0 amide bonds. The summed E-state index contributed by atoms with van der Waals surface area (Å²) in [4.78, 5) is 15.4. The first-order valence-electron chi connectivity index (χ1n) is 13.7. The van der Waals surface area contributed by atoms with Crippen molar-refractivity contribution in [3.63, 3.8) is 0 Å². The second-order valence-electron chi connectivity index (χ2n) is 13.3. The van der Waals surface area contributed by atoms with Crippen molar-refractivity contribution in [1.29, 1.82) is 0 Å². The zero-order chi connectivity index (χ0) is 26.4. The van der Waals surface area contributed by atoms with Gasteiger partial charge in [-0.15, -0.1) is 0 Å². The van der Waals surface area contributed by atoms with Crippen LogP contribution in [0.2, 0.25) is 0 Å². The molecule has 4 nitrogen and oxygen atoms in total. The summed E-state index contributed by atoms with van der Waals surface area (Å²) in [7, 11) is 0. The molecule has 0 radical (unpaired) electrons. The number of hydrogen-bond donors (Lipinski definition) is 0. The minimum Gasteiger partial charge on any atom is -0.321 e. The van der Waals surface area contributed by atoms with Crippen LogP contribution in [0.3, 0.4) is 0 Å². The van der Waals surface area contributed by atoms with Gasteiger partial charge >= 0.3 is 0 Å². The molecule has 0 N–H and O–H groups in total. The lowest BCUT2D eigenvalue weighted by Crippen LogP contribution is -2.42. The highest BCUT2D eigenvalue weighted by Crippen LogP contribution is 2.33. The van der Waals surface area contributed by atoms with Gasteiger partial charge in [-0.3, -0.25) is 9.98 Å². The SMILES string of the molecule is CC(C)C1CN(c2ccc(C(C)(C)C)cc2)C(C2=NC(C(C)C)CN2c2ccc(C(C)(C)C)cc2)=N1. The van der Waals surface area contributed by atoms with Crippen molar-refractivity contribution in [3.05, 3.63) is 59.7 Å². The molecule has 4 heteroatoms. The summed E-state index contributed by atoms with van der Waals surface area (Å²) >= 11 is 0. The molecule has 0 saturated carbocycles. The van der Waals surface area contributed by atoms with E-state index in [1.165, 1.54) is 22.5 Å². The average Bonchev–Trinajstić information content (AvgIpc) is 3.43. The van der Waals surface area contributed by atoms with Crippen LogP contribution >= 0.6 is 0 Å². The van der Waals surface area contributed by atoms with Crippen LogP contribution in [-0.4, -0.2) is 36.8 Å². The zero-order valence-corrected chi connectivity index (χ0v) is 24.1. The Labute approximate surface area is 219 Å². The van der Waals surface area contributed by atoms with E-state index >= 15 is 0 Å². The molecule has 2 unspecified atom stereocenters. The molecule has 36 heavy (non-hydrogen) atoms.